The van der Waals surface area contributed by atoms with E-state index in [4.69, 9.17) is 39.4 Å². The number of phenols is 2. The number of methoxy groups -OCH3 is 4. The smallest absolute Gasteiger partial charge is 0.407 e. The van der Waals surface area contributed by atoms with Gasteiger partial charge in [0.05, 0.1) is 53.2 Å². The fourth-order valence-corrected chi connectivity index (χ4v) is 13.8. The molecule has 1 fully saturated rings. The van der Waals surface area contributed by atoms with Gasteiger partial charge in [0.2, 0.25) is 0 Å². The summed E-state index contributed by atoms with van der Waals surface area (Å²) in [6.45, 7) is 26.0. The number of likely N-dealkylation sites (N-methyl/N-ethyl adjacent to an activating group) is 1. The summed E-state index contributed by atoms with van der Waals surface area (Å²) >= 11 is 0. The molecular formula is C54H72N4O10Si. The molecule has 0 saturated carbocycles. The van der Waals surface area contributed by atoms with E-state index in [1.54, 1.807) is 27.2 Å². The molecule has 2 heterocycles. The summed E-state index contributed by atoms with van der Waals surface area (Å²) in [5, 5.41) is 27.0. The van der Waals surface area contributed by atoms with E-state index in [9.17, 15) is 15.0 Å². The summed E-state index contributed by atoms with van der Waals surface area (Å²) in [4.78, 5) is 23.2. The van der Waals surface area contributed by atoms with E-state index >= 15 is 0 Å². The van der Waals surface area contributed by atoms with E-state index in [2.05, 4.69) is 78.5 Å². The first kappa shape index (κ1) is 51.3. The predicted molar refractivity (Wildman–Crippen MR) is 270 cm³/mol. The molecular weight excluding hydrogens is 893 g/mol. The number of fused-ring (bicyclic) bond motifs is 4. The summed E-state index contributed by atoms with van der Waals surface area (Å²) in [5.74, 6) is 1.13. The summed E-state index contributed by atoms with van der Waals surface area (Å²) in [6.07, 6.45) is -0.315. The lowest BCUT2D eigenvalue weighted by Crippen LogP contribution is -2.60. The van der Waals surface area contributed by atoms with Gasteiger partial charge >= 0.3 is 6.09 Å². The second kappa shape index (κ2) is 21.6. The minimum absolute atomic E-state index is 0.0730. The molecule has 0 spiro atoms. The Hall–Kier alpha value is -5.50. The maximum atomic E-state index is 14.6. The van der Waals surface area contributed by atoms with E-state index < -0.39 is 38.7 Å². The van der Waals surface area contributed by atoms with Crippen LogP contribution in [0.5, 0.6) is 34.5 Å². The number of nitrogens with zero attached hydrogens (tertiary/aromatic N) is 3. The van der Waals surface area contributed by atoms with Gasteiger partial charge in [-0.1, -0.05) is 76.2 Å². The fourth-order valence-electron chi connectivity index (χ4n) is 11.3. The molecule has 15 heteroatoms. The molecule has 5 atom stereocenters. The van der Waals surface area contributed by atoms with Gasteiger partial charge in [-0.15, -0.1) is 0 Å². The first-order valence-corrected chi connectivity index (χ1v) is 26.7. The molecule has 1 amide bonds. The van der Waals surface area contributed by atoms with Crippen LogP contribution in [0.25, 0.3) is 16.0 Å². The number of aromatic hydroxyl groups is 2. The molecule has 3 N–H and O–H groups in total. The Labute approximate surface area is 409 Å². The molecule has 1 aliphatic carbocycles. The Morgan fingerprint density at radius 3 is 2.07 bits per heavy atom. The third kappa shape index (κ3) is 9.84. The van der Waals surface area contributed by atoms with Crippen LogP contribution in [0.3, 0.4) is 0 Å². The standard InChI is InChI=1S/C54H72N4O10Si/c1-31(2)69(13,32(3)4)68-24-22-36-29-58(23-25-66-36)53(55-7)44-28-41-46(48(60)52(65-12)34(6)50(41)63-10)47(57(44)8)43(26-35-27-45(59)51(64-11)33(5)49(35)62-9)56-54(61)67-30-42-39-20-16-14-18-37(39)38-19-15-17-21-40(38)42/h14-21,27,31-32,36,42-44,47,53,59-60H,22-26,28-30H2,1-6,8-13H3,(H,56,61). The van der Waals surface area contributed by atoms with Crippen molar-refractivity contribution in [3.8, 4) is 45.6 Å². The van der Waals surface area contributed by atoms with Crippen molar-refractivity contribution in [2.24, 2.45) is 0 Å². The van der Waals surface area contributed by atoms with Crippen LogP contribution in [0.2, 0.25) is 17.6 Å². The van der Waals surface area contributed by atoms with Crippen molar-refractivity contribution in [1.29, 1.82) is 0 Å². The van der Waals surface area contributed by atoms with Gasteiger partial charge in [-0.25, -0.2) is 16.3 Å². The van der Waals surface area contributed by atoms with E-state index in [0.717, 1.165) is 22.3 Å². The molecule has 1 saturated heterocycles. The Kier molecular flexibility index (Phi) is 16.1. The number of carbonyl (C=O) groups excluding carboxylic acids is 1. The lowest BCUT2D eigenvalue weighted by molar-refractivity contribution is -0.0597. The summed E-state index contributed by atoms with van der Waals surface area (Å²) < 4.78 is 42.9. The first-order chi connectivity index (χ1) is 33.0. The minimum atomic E-state index is -1.98. The van der Waals surface area contributed by atoms with Crippen molar-refractivity contribution in [2.45, 2.75) is 115 Å². The van der Waals surface area contributed by atoms with Crippen LogP contribution in [0.4, 0.5) is 4.79 Å². The lowest BCUT2D eigenvalue weighted by Gasteiger charge is -2.47. The first-order valence-electron chi connectivity index (χ1n) is 24.1. The molecule has 0 bridgehead atoms. The molecule has 372 valence electrons. The number of morpholine rings is 1. The van der Waals surface area contributed by atoms with E-state index in [0.29, 0.717) is 89.5 Å². The summed E-state index contributed by atoms with van der Waals surface area (Å²) in [7, 11) is 6.09. The van der Waals surface area contributed by atoms with Crippen molar-refractivity contribution in [3.05, 3.63) is 105 Å². The lowest BCUT2D eigenvalue weighted by atomic mass is 9.79. The molecule has 0 radical (unpaired) electrons. The number of carbonyl (C=O) groups is 1. The van der Waals surface area contributed by atoms with Crippen molar-refractivity contribution in [1.82, 2.24) is 15.1 Å². The SMILES string of the molecule is [C-]#[N+]C(C1Cc2c(OC)c(C)c(OC)c(O)c2C(C(Cc2cc(O)c(OC)c(C)c2OC)NC(=O)OCC2c3ccccc3-c3ccccc32)N1C)N1CCOC(CCO[Si](C)(C(C)C)C(C)C)C1. The van der Waals surface area contributed by atoms with Gasteiger partial charge in [0.1, 0.15) is 24.1 Å². The highest BCUT2D eigenvalue weighted by Gasteiger charge is 2.49. The van der Waals surface area contributed by atoms with Crippen molar-refractivity contribution >= 4 is 14.4 Å². The largest absolute Gasteiger partial charge is 0.504 e. The van der Waals surface area contributed by atoms with Gasteiger partial charge in [0.25, 0.3) is 6.17 Å². The van der Waals surface area contributed by atoms with Crippen molar-refractivity contribution in [2.75, 3.05) is 68.4 Å². The molecule has 3 aliphatic rings. The number of benzene rings is 4. The molecule has 5 unspecified atom stereocenters. The second-order valence-electron chi connectivity index (χ2n) is 19.5. The zero-order valence-corrected chi connectivity index (χ0v) is 43.5. The highest BCUT2D eigenvalue weighted by atomic mass is 28.4. The molecule has 14 nitrogen and oxygen atoms in total. The number of phenolic OH excluding ortho intramolecular Hbond substituents is 2. The van der Waals surface area contributed by atoms with Crippen LogP contribution < -0.4 is 24.3 Å². The van der Waals surface area contributed by atoms with Gasteiger partial charge in [-0.2, -0.15) is 0 Å². The van der Waals surface area contributed by atoms with E-state index in [-0.39, 0.29) is 48.0 Å². The third-order valence-electron chi connectivity index (χ3n) is 15.4. The number of hydrogen-bond donors (Lipinski definition) is 3. The van der Waals surface area contributed by atoms with Crippen LogP contribution in [-0.2, 0) is 26.7 Å². The molecule has 7 rings (SSSR count). The quantitative estimate of drug-likeness (QED) is 0.0645. The number of amides is 1. The van der Waals surface area contributed by atoms with Crippen LogP contribution >= 0.6 is 0 Å². The number of ether oxygens (including phenoxy) is 6. The van der Waals surface area contributed by atoms with E-state index in [1.165, 1.54) is 14.2 Å². The fraction of sp³-hybridized carbons (Fsp3) is 0.519. The van der Waals surface area contributed by atoms with Gasteiger partial charge < -0.3 is 48.4 Å². The molecule has 69 heavy (non-hydrogen) atoms. The number of hydrogen-bond acceptors (Lipinski definition) is 12. The van der Waals surface area contributed by atoms with Gasteiger partial charge in [-0.3, -0.25) is 9.74 Å². The number of rotatable bonds is 18. The number of alkyl carbamates (subject to hydrolysis) is 1. The average Bonchev–Trinajstić information content (AvgIpc) is 3.65. The molecule has 4 aromatic rings. The van der Waals surface area contributed by atoms with Gasteiger partial charge in [0, 0.05) is 59.9 Å². The van der Waals surface area contributed by atoms with Crippen molar-refractivity contribution < 1.29 is 47.9 Å². The summed E-state index contributed by atoms with van der Waals surface area (Å²) in [6, 6.07) is 15.8. The Bertz CT molecular complexity index is 2470. The third-order valence-corrected chi connectivity index (χ3v) is 20.8. The minimum Gasteiger partial charge on any atom is -0.504 e. The van der Waals surface area contributed by atoms with Gasteiger partial charge in [0.15, 0.2) is 31.3 Å². The molecule has 0 aromatic heterocycles. The normalized spacial score (nSPS) is 19.3. The Morgan fingerprint density at radius 2 is 1.49 bits per heavy atom. The van der Waals surface area contributed by atoms with Crippen LogP contribution in [0.15, 0.2) is 54.6 Å². The van der Waals surface area contributed by atoms with E-state index in [1.807, 2.05) is 38.2 Å². The Morgan fingerprint density at radius 1 is 0.899 bits per heavy atom. The summed E-state index contributed by atoms with van der Waals surface area (Å²) in [5.41, 5.74) is 8.28. The van der Waals surface area contributed by atoms with Crippen LogP contribution in [-0.4, -0.2) is 127 Å². The number of nitrogens with one attached hydrogen (secondary N) is 1. The zero-order chi connectivity index (χ0) is 49.9. The molecule has 4 aromatic carbocycles. The zero-order valence-electron chi connectivity index (χ0n) is 42.5. The monoisotopic (exact) mass is 965 g/mol. The van der Waals surface area contributed by atoms with Crippen LogP contribution in [0, 0.1) is 20.4 Å². The Balaban J connectivity index is 1.28. The topological polar surface area (TPSA) is 145 Å². The highest BCUT2D eigenvalue weighted by Crippen LogP contribution is 2.52. The van der Waals surface area contributed by atoms with Gasteiger partial charge in [-0.05, 0) is 79.7 Å². The maximum absolute atomic E-state index is 14.6. The predicted octanol–water partition coefficient (Wildman–Crippen LogP) is 9.54. The molecule has 2 aliphatic heterocycles. The van der Waals surface area contributed by atoms with Crippen molar-refractivity contribution in [3.63, 3.8) is 0 Å². The second-order valence-corrected chi connectivity index (χ2v) is 24.5. The highest BCUT2D eigenvalue weighted by molar-refractivity contribution is 6.75. The maximum Gasteiger partial charge on any atom is 0.407 e. The average molecular weight is 965 g/mol. The van der Waals surface area contributed by atoms with Crippen LogP contribution in [0.1, 0.15) is 85.0 Å².